The van der Waals surface area contributed by atoms with Crippen molar-refractivity contribution in [2.75, 3.05) is 12.4 Å². The van der Waals surface area contributed by atoms with Crippen molar-refractivity contribution in [1.82, 2.24) is 0 Å². The second-order valence-corrected chi connectivity index (χ2v) is 4.90. The molecule has 0 amide bonds. The molecular weight excluding hydrogens is 299 g/mol. The summed E-state index contributed by atoms with van der Waals surface area (Å²) in [6, 6.07) is 9.30. The van der Waals surface area contributed by atoms with Crippen LogP contribution >= 0.6 is 23.8 Å². The summed E-state index contributed by atoms with van der Waals surface area (Å²) in [7, 11) is 1.46. The van der Waals surface area contributed by atoms with Crippen LogP contribution in [0.3, 0.4) is 0 Å². The number of benzene rings is 2. The molecule has 0 saturated carbocycles. The molecule has 0 bridgehead atoms. The van der Waals surface area contributed by atoms with E-state index in [1.807, 2.05) is 0 Å². The Morgan fingerprint density at radius 3 is 2.65 bits per heavy atom. The number of ether oxygens (including phenoxy) is 1. The van der Waals surface area contributed by atoms with Gasteiger partial charge in [-0.15, -0.1) is 0 Å². The second kappa shape index (κ2) is 6.07. The molecule has 2 aromatic rings. The highest BCUT2D eigenvalue weighted by atomic mass is 35.5. The Hall–Kier alpha value is -1.85. The largest absolute Gasteiger partial charge is 0.494 e. The first-order chi connectivity index (χ1) is 9.51. The fourth-order valence-corrected chi connectivity index (χ4v) is 2.10. The van der Waals surface area contributed by atoms with E-state index < -0.39 is 0 Å². The first-order valence-electron chi connectivity index (χ1n) is 5.71. The molecule has 0 aliphatic rings. The second-order valence-electron chi connectivity index (χ2n) is 4.02. The Morgan fingerprint density at radius 1 is 1.25 bits per heavy atom. The van der Waals surface area contributed by atoms with Gasteiger partial charge in [-0.05, 0) is 30.3 Å². The highest BCUT2D eigenvalue weighted by Gasteiger charge is 2.10. The third-order valence-corrected chi connectivity index (χ3v) is 3.13. The first kappa shape index (κ1) is 14.6. The van der Waals surface area contributed by atoms with Crippen LogP contribution in [0.2, 0.25) is 5.02 Å². The van der Waals surface area contributed by atoms with Crippen molar-refractivity contribution < 1.29 is 9.13 Å². The van der Waals surface area contributed by atoms with Gasteiger partial charge in [-0.1, -0.05) is 23.8 Å². The van der Waals surface area contributed by atoms with E-state index in [0.29, 0.717) is 27.7 Å². The van der Waals surface area contributed by atoms with E-state index in [2.05, 4.69) is 5.32 Å². The normalized spacial score (nSPS) is 10.2. The molecule has 0 heterocycles. The van der Waals surface area contributed by atoms with E-state index in [-0.39, 0.29) is 10.8 Å². The summed E-state index contributed by atoms with van der Waals surface area (Å²) in [5.41, 5.74) is 7.54. The average molecular weight is 311 g/mol. The van der Waals surface area contributed by atoms with Gasteiger partial charge in [-0.3, -0.25) is 0 Å². The lowest BCUT2D eigenvalue weighted by Gasteiger charge is -2.14. The van der Waals surface area contributed by atoms with Gasteiger partial charge in [-0.25, -0.2) is 4.39 Å². The van der Waals surface area contributed by atoms with Crippen molar-refractivity contribution in [3.05, 3.63) is 52.8 Å². The van der Waals surface area contributed by atoms with Crippen LogP contribution in [0.15, 0.2) is 36.4 Å². The summed E-state index contributed by atoms with van der Waals surface area (Å²) in [5.74, 6) is -0.00747. The van der Waals surface area contributed by atoms with Gasteiger partial charge in [-0.2, -0.15) is 0 Å². The van der Waals surface area contributed by atoms with E-state index in [9.17, 15) is 4.39 Å². The smallest absolute Gasteiger partial charge is 0.145 e. The van der Waals surface area contributed by atoms with Crippen LogP contribution in [0.25, 0.3) is 0 Å². The van der Waals surface area contributed by atoms with Crippen molar-refractivity contribution in [3.8, 4) is 5.75 Å². The summed E-state index contributed by atoms with van der Waals surface area (Å²) in [6.45, 7) is 0. The molecule has 2 rings (SSSR count). The predicted octanol–water partition coefficient (Wildman–Crippen LogP) is 3.87. The van der Waals surface area contributed by atoms with Crippen LogP contribution in [0.1, 0.15) is 5.56 Å². The number of nitrogens with two attached hydrogens (primary N) is 1. The molecule has 0 unspecified atom stereocenters. The zero-order valence-electron chi connectivity index (χ0n) is 10.6. The van der Waals surface area contributed by atoms with Crippen molar-refractivity contribution in [2.24, 2.45) is 5.73 Å². The van der Waals surface area contributed by atoms with Gasteiger partial charge in [0.15, 0.2) is 0 Å². The van der Waals surface area contributed by atoms with E-state index in [1.165, 1.54) is 19.2 Å². The monoisotopic (exact) mass is 310 g/mol. The lowest BCUT2D eigenvalue weighted by atomic mass is 10.1. The number of halogens is 2. The standard InChI is InChI=1S/C14H12ClFN2OS/c1-19-13-7-9(16)3-5-11(13)18-12-6-8(15)2-4-10(12)14(17)20/h2-7,18H,1H3,(H2,17,20). The molecule has 0 aromatic heterocycles. The average Bonchev–Trinajstić information content (AvgIpc) is 2.40. The van der Waals surface area contributed by atoms with Crippen molar-refractivity contribution in [2.45, 2.75) is 0 Å². The van der Waals surface area contributed by atoms with Gasteiger partial charge in [0.25, 0.3) is 0 Å². The minimum Gasteiger partial charge on any atom is -0.494 e. The van der Waals surface area contributed by atoms with Crippen LogP contribution in [0.4, 0.5) is 15.8 Å². The Bertz CT molecular complexity index is 664. The maximum atomic E-state index is 13.2. The number of hydrogen-bond donors (Lipinski definition) is 2. The van der Waals surface area contributed by atoms with Crippen LogP contribution in [-0.4, -0.2) is 12.1 Å². The highest BCUT2D eigenvalue weighted by Crippen LogP contribution is 2.31. The minimum atomic E-state index is -0.381. The van der Waals surface area contributed by atoms with Crippen molar-refractivity contribution >= 4 is 40.2 Å². The SMILES string of the molecule is COc1cc(F)ccc1Nc1cc(Cl)ccc1C(N)=S. The molecule has 2 aromatic carbocycles. The molecule has 104 valence electrons. The fourth-order valence-electron chi connectivity index (χ4n) is 1.75. The Balaban J connectivity index is 2.44. The Labute approximate surface area is 126 Å². The predicted molar refractivity (Wildman–Crippen MR) is 83.6 cm³/mol. The highest BCUT2D eigenvalue weighted by molar-refractivity contribution is 7.80. The van der Waals surface area contributed by atoms with E-state index >= 15 is 0 Å². The molecule has 0 aliphatic carbocycles. The summed E-state index contributed by atoms with van der Waals surface area (Å²) < 4.78 is 18.3. The summed E-state index contributed by atoms with van der Waals surface area (Å²) >= 11 is 11.0. The topological polar surface area (TPSA) is 47.3 Å². The molecular formula is C14H12ClFN2OS. The molecule has 0 aliphatic heterocycles. The number of rotatable bonds is 4. The van der Waals surface area contributed by atoms with Gasteiger partial charge < -0.3 is 15.8 Å². The maximum absolute atomic E-state index is 13.2. The van der Waals surface area contributed by atoms with E-state index in [4.69, 9.17) is 34.3 Å². The van der Waals surface area contributed by atoms with Gasteiger partial charge >= 0.3 is 0 Å². The zero-order chi connectivity index (χ0) is 14.7. The Kier molecular flexibility index (Phi) is 4.42. The molecule has 0 spiro atoms. The summed E-state index contributed by atoms with van der Waals surface area (Å²) in [5, 5.41) is 3.63. The van der Waals surface area contributed by atoms with Gasteiger partial charge in [0.05, 0.1) is 18.5 Å². The number of anilines is 2. The Morgan fingerprint density at radius 2 is 2.00 bits per heavy atom. The van der Waals surface area contributed by atoms with Gasteiger partial charge in [0, 0.05) is 16.7 Å². The molecule has 0 saturated heterocycles. The third-order valence-electron chi connectivity index (χ3n) is 2.68. The molecule has 0 radical (unpaired) electrons. The van der Waals surface area contributed by atoms with Crippen molar-refractivity contribution in [3.63, 3.8) is 0 Å². The molecule has 6 heteroatoms. The quantitative estimate of drug-likeness (QED) is 0.842. The molecule has 0 atom stereocenters. The number of nitrogens with one attached hydrogen (secondary N) is 1. The summed E-state index contributed by atoms with van der Waals surface area (Å²) in [4.78, 5) is 0.241. The lowest BCUT2D eigenvalue weighted by molar-refractivity contribution is 0.413. The minimum absolute atomic E-state index is 0.241. The number of thiocarbonyl (C=S) groups is 1. The van der Waals surface area contributed by atoms with E-state index in [0.717, 1.165) is 0 Å². The maximum Gasteiger partial charge on any atom is 0.145 e. The summed E-state index contributed by atoms with van der Waals surface area (Å²) in [6.07, 6.45) is 0. The van der Waals surface area contributed by atoms with E-state index in [1.54, 1.807) is 24.3 Å². The van der Waals surface area contributed by atoms with Crippen molar-refractivity contribution in [1.29, 1.82) is 0 Å². The zero-order valence-corrected chi connectivity index (χ0v) is 12.2. The number of methoxy groups -OCH3 is 1. The van der Waals surface area contributed by atoms with Gasteiger partial charge in [0.2, 0.25) is 0 Å². The molecule has 3 N–H and O–H groups in total. The first-order valence-corrected chi connectivity index (χ1v) is 6.50. The molecule has 20 heavy (non-hydrogen) atoms. The molecule has 3 nitrogen and oxygen atoms in total. The number of hydrogen-bond acceptors (Lipinski definition) is 3. The van der Waals surface area contributed by atoms with Crippen LogP contribution in [-0.2, 0) is 0 Å². The van der Waals surface area contributed by atoms with Crippen LogP contribution in [0, 0.1) is 5.82 Å². The van der Waals surface area contributed by atoms with Crippen LogP contribution < -0.4 is 15.8 Å². The lowest BCUT2D eigenvalue weighted by Crippen LogP contribution is -2.12. The van der Waals surface area contributed by atoms with Crippen LogP contribution in [0.5, 0.6) is 5.75 Å². The fraction of sp³-hybridized carbons (Fsp3) is 0.0714. The third kappa shape index (κ3) is 3.18. The molecule has 0 fully saturated rings. The van der Waals surface area contributed by atoms with Gasteiger partial charge in [0.1, 0.15) is 16.6 Å².